The molecule has 303 valence electrons. The first-order valence-electron chi connectivity index (χ1n) is 19.5. The molecule has 0 bridgehead atoms. The summed E-state index contributed by atoms with van der Waals surface area (Å²) in [7, 11) is 0. The zero-order valence-electron chi connectivity index (χ0n) is 34.9. The predicted molar refractivity (Wildman–Crippen MR) is 217 cm³/mol. The first-order valence-corrected chi connectivity index (χ1v) is 19.5. The molecule has 1 unspecified atom stereocenters. The average molecular weight is 937 g/mol. The van der Waals surface area contributed by atoms with Gasteiger partial charge in [-0.05, 0) is 77.9 Å². The number of alkyl halides is 3. The van der Waals surface area contributed by atoms with Crippen LogP contribution in [0.25, 0.3) is 32.8 Å². The van der Waals surface area contributed by atoms with Gasteiger partial charge in [0.15, 0.2) is 5.78 Å². The average Bonchev–Trinajstić information content (AvgIpc) is 3.02. The van der Waals surface area contributed by atoms with Gasteiger partial charge in [-0.1, -0.05) is 123 Å². The number of ketones is 1. The Bertz CT molecular complexity index is 1990. The molecule has 1 aromatic heterocycles. The third kappa shape index (κ3) is 12.6. The molecule has 1 aliphatic heterocycles. The van der Waals surface area contributed by atoms with Gasteiger partial charge in [0.25, 0.3) is 0 Å². The summed E-state index contributed by atoms with van der Waals surface area (Å²) in [5.41, 5.74) is 6.46. The number of allylic oxidation sites excluding steroid dienone is 2. The molecule has 0 spiro atoms. The van der Waals surface area contributed by atoms with Crippen molar-refractivity contribution in [3.63, 3.8) is 0 Å². The summed E-state index contributed by atoms with van der Waals surface area (Å²) in [4.78, 5) is 16.6. The Labute approximate surface area is 341 Å². The van der Waals surface area contributed by atoms with Crippen molar-refractivity contribution in [2.45, 2.75) is 134 Å². The summed E-state index contributed by atoms with van der Waals surface area (Å²) >= 11 is 0. The van der Waals surface area contributed by atoms with Crippen LogP contribution in [-0.4, -0.2) is 22.1 Å². The van der Waals surface area contributed by atoms with Crippen molar-refractivity contribution >= 4 is 27.3 Å². The molecule has 1 aliphatic rings. The number of aliphatic hydroxyl groups is 1. The first-order chi connectivity index (χ1) is 24.9. The maximum atomic E-state index is 12.2. The van der Waals surface area contributed by atoms with Gasteiger partial charge in [-0.3, -0.25) is 9.78 Å². The van der Waals surface area contributed by atoms with E-state index in [9.17, 15) is 23.1 Å². The summed E-state index contributed by atoms with van der Waals surface area (Å²) in [6.07, 6.45) is 1.81. The molecule has 0 fully saturated rings. The number of ether oxygens (including phenoxy) is 1. The van der Waals surface area contributed by atoms with E-state index in [1.165, 1.54) is 34.4 Å². The van der Waals surface area contributed by atoms with E-state index in [2.05, 4.69) is 105 Å². The number of fused-ring (bicyclic) bond motifs is 3. The number of aliphatic hydroxyl groups excluding tert-OH is 1. The fourth-order valence-electron chi connectivity index (χ4n) is 7.38. The second-order valence-electron chi connectivity index (χ2n) is 18.8. The Morgan fingerprint density at radius 3 is 1.95 bits per heavy atom. The predicted octanol–water partition coefficient (Wildman–Crippen LogP) is 14.1. The molecule has 5 rings (SSSR count). The molecule has 1 N–H and O–H groups in total. The standard InChI is InChI=1S/C34H40NO.C13H21F3O2.Ir/c1-32(2,3)18-21-10-11-25-24(14-21)17-26-30-29-23(12-13-35-30)15-22(19-33(4,5)6)16-28(29)36-31(26)27(25)20-34(7,8)9;1-4-9(5-2)11(17)7-12(18)10(6-3)8-13(14,15)16;/h10-16H,18-20H2,1-9H3;7,9-10,17H,4-6,8H2,1-3H3;/q-1;;/b;11-7-;. The Kier molecular flexibility index (Phi) is 15.0. The third-order valence-electron chi connectivity index (χ3n) is 9.75. The molecule has 55 heavy (non-hydrogen) atoms. The van der Waals surface area contributed by atoms with Crippen molar-refractivity contribution in [1.29, 1.82) is 0 Å². The van der Waals surface area contributed by atoms with E-state index in [1.54, 1.807) is 0 Å². The van der Waals surface area contributed by atoms with Gasteiger partial charge in [-0.25, -0.2) is 0 Å². The van der Waals surface area contributed by atoms with Crippen molar-refractivity contribution in [2.24, 2.45) is 28.1 Å². The number of hydrogen-bond donors (Lipinski definition) is 1. The van der Waals surface area contributed by atoms with Crippen molar-refractivity contribution in [2.75, 3.05) is 0 Å². The van der Waals surface area contributed by atoms with Crippen LogP contribution >= 0.6 is 0 Å². The number of carbonyl (C=O) groups is 1. The molecular weight excluding hydrogens is 876 g/mol. The van der Waals surface area contributed by atoms with E-state index in [0.717, 1.165) is 58.9 Å². The largest absolute Gasteiger partial charge is 0.512 e. The SMILES string of the molecule is CC(C)(C)Cc1ccc2c(CC(C)(C)C)c3c([c-]c2c1)-c1nccc2cc(CC(C)(C)C)cc(c12)O3.CCC(CC(F)(F)F)C(=O)/C=C(\O)C(CC)CC.[Ir]. The second-order valence-corrected chi connectivity index (χ2v) is 18.8. The van der Waals surface area contributed by atoms with Crippen molar-refractivity contribution in [3.8, 4) is 22.8 Å². The van der Waals surface area contributed by atoms with Crippen molar-refractivity contribution in [1.82, 2.24) is 4.98 Å². The van der Waals surface area contributed by atoms with E-state index in [4.69, 9.17) is 9.72 Å². The van der Waals surface area contributed by atoms with Gasteiger partial charge in [-0.15, -0.1) is 17.5 Å². The molecule has 4 aromatic rings. The third-order valence-corrected chi connectivity index (χ3v) is 9.75. The van der Waals surface area contributed by atoms with Gasteiger partial charge in [-0.2, -0.15) is 13.2 Å². The van der Waals surface area contributed by atoms with Gasteiger partial charge in [0.2, 0.25) is 0 Å². The molecular formula is C47H61F3IrNO3-. The molecule has 4 nitrogen and oxygen atoms in total. The van der Waals surface area contributed by atoms with Crippen LogP contribution in [0.15, 0.2) is 54.4 Å². The van der Waals surface area contributed by atoms with E-state index in [-0.39, 0.29) is 54.4 Å². The van der Waals surface area contributed by atoms with E-state index >= 15 is 0 Å². The van der Waals surface area contributed by atoms with Gasteiger partial charge in [0.05, 0.1) is 17.9 Å². The minimum atomic E-state index is -4.35. The Balaban J connectivity index is 0.000000365. The molecule has 0 saturated heterocycles. The fourth-order valence-corrected chi connectivity index (χ4v) is 7.38. The number of benzene rings is 3. The molecule has 2 heterocycles. The minimum absolute atomic E-state index is 0. The van der Waals surface area contributed by atoms with Crippen LogP contribution in [0.1, 0.15) is 125 Å². The van der Waals surface area contributed by atoms with Crippen molar-refractivity contribution in [3.05, 3.63) is 77.2 Å². The van der Waals surface area contributed by atoms with Crippen LogP contribution in [0.3, 0.4) is 0 Å². The maximum absolute atomic E-state index is 12.2. The van der Waals surface area contributed by atoms with Gasteiger partial charge in [0.1, 0.15) is 5.75 Å². The van der Waals surface area contributed by atoms with Gasteiger partial charge in [0, 0.05) is 55.3 Å². The first kappa shape index (κ1) is 46.2. The van der Waals surface area contributed by atoms with Crippen LogP contribution in [0.2, 0.25) is 0 Å². The van der Waals surface area contributed by atoms with E-state index < -0.39 is 24.3 Å². The quantitative estimate of drug-likeness (QED) is 0.0861. The number of aromatic nitrogens is 1. The second kappa shape index (κ2) is 17.9. The number of nitrogens with zero attached hydrogens (tertiary/aromatic N) is 1. The van der Waals surface area contributed by atoms with Crippen LogP contribution in [-0.2, 0) is 44.2 Å². The summed E-state index contributed by atoms with van der Waals surface area (Å²) in [5, 5.41) is 14.4. The molecule has 0 aliphatic carbocycles. The number of hydrogen-bond acceptors (Lipinski definition) is 4. The Morgan fingerprint density at radius 2 is 1.40 bits per heavy atom. The van der Waals surface area contributed by atoms with E-state index in [1.807, 2.05) is 20.0 Å². The van der Waals surface area contributed by atoms with E-state index in [0.29, 0.717) is 12.8 Å². The zero-order chi connectivity index (χ0) is 40.4. The monoisotopic (exact) mass is 937 g/mol. The fraction of sp³-hybridized carbons (Fsp3) is 0.532. The summed E-state index contributed by atoms with van der Waals surface area (Å²) in [6.45, 7) is 25.9. The molecule has 1 radical (unpaired) electrons. The molecule has 3 aromatic carbocycles. The topological polar surface area (TPSA) is 59.4 Å². The molecule has 0 amide bonds. The number of carbonyl (C=O) groups excluding carboxylic acids is 1. The van der Waals surface area contributed by atoms with Crippen LogP contribution < -0.4 is 4.74 Å². The Morgan fingerprint density at radius 1 is 0.818 bits per heavy atom. The maximum Gasteiger partial charge on any atom is 0.389 e. The molecule has 0 saturated carbocycles. The Hall–Kier alpha value is -3.22. The molecule has 1 atom stereocenters. The number of rotatable bonds is 10. The minimum Gasteiger partial charge on any atom is -0.512 e. The van der Waals surface area contributed by atoms with Gasteiger partial charge < -0.3 is 9.84 Å². The normalized spacial score (nSPS) is 13.9. The smallest absolute Gasteiger partial charge is 0.389 e. The summed E-state index contributed by atoms with van der Waals surface area (Å²) < 4.78 is 43.6. The van der Waals surface area contributed by atoms with Crippen molar-refractivity contribution < 1.29 is 47.9 Å². The number of halogens is 3. The van der Waals surface area contributed by atoms with Crippen LogP contribution in [0, 0.1) is 34.1 Å². The van der Waals surface area contributed by atoms with Gasteiger partial charge >= 0.3 is 6.18 Å². The van der Waals surface area contributed by atoms with Crippen LogP contribution in [0.5, 0.6) is 11.5 Å². The zero-order valence-corrected chi connectivity index (χ0v) is 37.3. The molecule has 8 heteroatoms. The summed E-state index contributed by atoms with van der Waals surface area (Å²) in [5.74, 6) is -0.139. The van der Waals surface area contributed by atoms with Crippen LogP contribution in [0.4, 0.5) is 13.2 Å². The number of pyridine rings is 1. The summed E-state index contributed by atoms with van der Waals surface area (Å²) in [6, 6.07) is 17.3.